The van der Waals surface area contributed by atoms with Crippen molar-refractivity contribution in [3.05, 3.63) is 50.1 Å². The Kier molecular flexibility index (Phi) is 6.20. The van der Waals surface area contributed by atoms with Crippen LogP contribution in [0.4, 0.5) is 0 Å². The van der Waals surface area contributed by atoms with E-state index in [1.54, 1.807) is 16.2 Å². The Morgan fingerprint density at radius 2 is 1.86 bits per heavy atom. The first-order valence-corrected chi connectivity index (χ1v) is 12.5. The summed E-state index contributed by atoms with van der Waals surface area (Å²) < 4.78 is 27.8. The highest BCUT2D eigenvalue weighted by molar-refractivity contribution is 7.89. The summed E-state index contributed by atoms with van der Waals surface area (Å²) in [5, 5.41) is 2.23. The maximum Gasteiger partial charge on any atom is 0.255 e. The van der Waals surface area contributed by atoms with Crippen LogP contribution in [0.25, 0.3) is 0 Å². The molecule has 6 nitrogen and oxygen atoms in total. The Morgan fingerprint density at radius 3 is 2.48 bits per heavy atom. The number of nitrogens with one attached hydrogen (secondary N) is 1. The average molecular weight is 474 g/mol. The lowest BCUT2D eigenvalue weighted by Gasteiger charge is -2.34. The average Bonchev–Trinajstić information content (AvgIpc) is 3.32. The van der Waals surface area contributed by atoms with E-state index < -0.39 is 10.0 Å². The highest BCUT2D eigenvalue weighted by Crippen LogP contribution is 2.31. The largest absolute Gasteiger partial charge is 0.336 e. The summed E-state index contributed by atoms with van der Waals surface area (Å²) in [7, 11) is -3.79. The third-order valence-electron chi connectivity index (χ3n) is 5.06. The lowest BCUT2D eigenvalue weighted by Crippen LogP contribution is -2.48. The Bertz CT molecular complexity index is 1000. The van der Waals surface area contributed by atoms with Gasteiger partial charge in [-0.2, -0.15) is 0 Å². The maximum absolute atomic E-state index is 13.0. The van der Waals surface area contributed by atoms with E-state index in [1.807, 2.05) is 6.07 Å². The van der Waals surface area contributed by atoms with Crippen molar-refractivity contribution in [2.45, 2.75) is 30.3 Å². The van der Waals surface area contributed by atoms with Gasteiger partial charge in [-0.05, 0) is 36.4 Å². The smallest absolute Gasteiger partial charge is 0.255 e. The standard InChI is InChI=1S/C19H21Cl2N3O3S2/c20-16-11-17(21)18(29(26,27)22-13-3-4-13)10-15(16)19(25)24-7-5-23(6-8-24)12-14-2-1-9-28-14/h1-2,9-11,13,22H,3-8,12H2. The van der Waals surface area contributed by atoms with Gasteiger partial charge in [0.25, 0.3) is 5.91 Å². The molecule has 1 saturated heterocycles. The van der Waals surface area contributed by atoms with Crippen LogP contribution in [0.3, 0.4) is 0 Å². The summed E-state index contributed by atoms with van der Waals surface area (Å²) in [6.45, 7) is 3.50. The van der Waals surface area contributed by atoms with Crippen LogP contribution in [0, 0.1) is 0 Å². The number of carbonyl (C=O) groups excluding carboxylic acids is 1. The molecule has 0 unspecified atom stereocenters. The number of benzene rings is 1. The van der Waals surface area contributed by atoms with Gasteiger partial charge >= 0.3 is 0 Å². The SMILES string of the molecule is O=C(c1cc(S(=O)(=O)NC2CC2)c(Cl)cc1Cl)N1CCN(Cc2cccs2)CC1. The molecule has 2 aromatic rings. The first kappa shape index (κ1) is 21.1. The van der Waals surface area contributed by atoms with Gasteiger partial charge in [-0.3, -0.25) is 9.69 Å². The summed E-state index contributed by atoms with van der Waals surface area (Å²) in [5.74, 6) is -0.273. The monoisotopic (exact) mass is 473 g/mol. The molecule has 10 heteroatoms. The lowest BCUT2D eigenvalue weighted by molar-refractivity contribution is 0.0629. The van der Waals surface area contributed by atoms with Crippen LogP contribution < -0.4 is 4.72 Å². The highest BCUT2D eigenvalue weighted by Gasteiger charge is 2.31. The topological polar surface area (TPSA) is 69.7 Å². The predicted octanol–water partition coefficient (Wildman–Crippen LogP) is 3.45. The second kappa shape index (κ2) is 8.53. The van der Waals surface area contributed by atoms with Crippen molar-refractivity contribution in [2.75, 3.05) is 26.2 Å². The second-order valence-electron chi connectivity index (χ2n) is 7.31. The summed E-state index contributed by atoms with van der Waals surface area (Å²) >= 11 is 14.1. The van der Waals surface area contributed by atoms with Crippen molar-refractivity contribution in [1.29, 1.82) is 0 Å². The molecule has 1 aliphatic heterocycles. The van der Waals surface area contributed by atoms with Crippen LogP contribution in [0.2, 0.25) is 10.0 Å². The normalized spacial score (nSPS) is 18.2. The van der Waals surface area contributed by atoms with Crippen molar-refractivity contribution < 1.29 is 13.2 Å². The molecule has 4 rings (SSSR count). The van der Waals surface area contributed by atoms with E-state index in [-0.39, 0.29) is 32.5 Å². The van der Waals surface area contributed by atoms with Gasteiger partial charge in [0.1, 0.15) is 4.90 Å². The van der Waals surface area contributed by atoms with Gasteiger partial charge in [0.15, 0.2) is 0 Å². The molecule has 0 atom stereocenters. The summed E-state index contributed by atoms with van der Waals surface area (Å²) in [4.78, 5) is 18.2. The van der Waals surface area contributed by atoms with Gasteiger partial charge in [0.05, 0.1) is 15.6 Å². The molecule has 0 radical (unpaired) electrons. The Morgan fingerprint density at radius 1 is 1.14 bits per heavy atom. The van der Waals surface area contributed by atoms with E-state index in [1.165, 1.54) is 17.0 Å². The third kappa shape index (κ3) is 4.95. The zero-order valence-electron chi connectivity index (χ0n) is 15.6. The van der Waals surface area contributed by atoms with Crippen LogP contribution in [-0.4, -0.2) is 56.3 Å². The zero-order chi connectivity index (χ0) is 20.6. The zero-order valence-corrected chi connectivity index (χ0v) is 18.8. The van der Waals surface area contributed by atoms with Crippen molar-refractivity contribution >= 4 is 50.5 Å². The molecule has 2 fully saturated rings. The molecular formula is C19H21Cl2N3O3S2. The van der Waals surface area contributed by atoms with Crippen LogP contribution >= 0.6 is 34.5 Å². The molecule has 0 bridgehead atoms. The van der Waals surface area contributed by atoms with Crippen LogP contribution in [-0.2, 0) is 16.6 Å². The fraction of sp³-hybridized carbons (Fsp3) is 0.421. The van der Waals surface area contributed by atoms with Crippen LogP contribution in [0.15, 0.2) is 34.5 Å². The van der Waals surface area contributed by atoms with E-state index in [0.717, 1.165) is 32.5 Å². The molecule has 1 aromatic carbocycles. The molecule has 2 aliphatic rings. The molecule has 1 N–H and O–H groups in total. The minimum Gasteiger partial charge on any atom is -0.336 e. The predicted molar refractivity (Wildman–Crippen MR) is 115 cm³/mol. The van der Waals surface area contributed by atoms with Crippen molar-refractivity contribution in [2.24, 2.45) is 0 Å². The number of hydrogen-bond donors (Lipinski definition) is 1. The fourth-order valence-electron chi connectivity index (χ4n) is 3.29. The number of piperazine rings is 1. The van der Waals surface area contributed by atoms with E-state index >= 15 is 0 Å². The molecule has 1 amide bonds. The van der Waals surface area contributed by atoms with Gasteiger partial charge in [-0.25, -0.2) is 13.1 Å². The molecule has 29 heavy (non-hydrogen) atoms. The minimum atomic E-state index is -3.79. The van der Waals surface area contributed by atoms with Gasteiger partial charge in [0, 0.05) is 43.6 Å². The van der Waals surface area contributed by atoms with Crippen molar-refractivity contribution in [3.8, 4) is 0 Å². The van der Waals surface area contributed by atoms with Crippen LogP contribution in [0.1, 0.15) is 28.1 Å². The van der Waals surface area contributed by atoms with Crippen LogP contribution in [0.5, 0.6) is 0 Å². The quantitative estimate of drug-likeness (QED) is 0.697. The first-order valence-electron chi connectivity index (χ1n) is 9.39. The number of hydrogen-bond acceptors (Lipinski definition) is 5. The molecule has 2 heterocycles. The van der Waals surface area contributed by atoms with E-state index in [2.05, 4.69) is 21.1 Å². The maximum atomic E-state index is 13.0. The van der Waals surface area contributed by atoms with Gasteiger partial charge in [0.2, 0.25) is 10.0 Å². The lowest BCUT2D eigenvalue weighted by atomic mass is 10.1. The molecule has 1 aromatic heterocycles. The van der Waals surface area contributed by atoms with Crippen molar-refractivity contribution in [3.63, 3.8) is 0 Å². The molecular weight excluding hydrogens is 453 g/mol. The fourth-order valence-corrected chi connectivity index (χ4v) is 6.19. The highest BCUT2D eigenvalue weighted by atomic mass is 35.5. The molecule has 0 spiro atoms. The number of carbonyl (C=O) groups is 1. The van der Waals surface area contributed by atoms with Crippen molar-refractivity contribution in [1.82, 2.24) is 14.5 Å². The van der Waals surface area contributed by atoms with Gasteiger partial charge in [-0.1, -0.05) is 29.3 Å². The Labute approximate surface area is 184 Å². The second-order valence-corrected chi connectivity index (χ2v) is 10.8. The molecule has 1 saturated carbocycles. The number of thiophene rings is 1. The number of halogens is 2. The third-order valence-corrected chi connectivity index (χ3v) is 8.22. The van der Waals surface area contributed by atoms with Gasteiger partial charge < -0.3 is 4.90 Å². The Balaban J connectivity index is 1.48. The number of amides is 1. The first-order chi connectivity index (χ1) is 13.8. The molecule has 156 valence electrons. The summed E-state index contributed by atoms with van der Waals surface area (Å²) in [6.07, 6.45) is 1.62. The van der Waals surface area contributed by atoms with E-state index in [0.29, 0.717) is 13.1 Å². The number of nitrogens with zero attached hydrogens (tertiary/aromatic N) is 2. The molecule has 1 aliphatic carbocycles. The Hall–Kier alpha value is -1.16. The minimum absolute atomic E-state index is 0.0143. The number of sulfonamides is 1. The van der Waals surface area contributed by atoms with Gasteiger partial charge in [-0.15, -0.1) is 11.3 Å². The summed E-state index contributed by atoms with van der Waals surface area (Å²) in [5.41, 5.74) is 0.166. The number of rotatable bonds is 6. The summed E-state index contributed by atoms with van der Waals surface area (Å²) in [6, 6.07) is 6.72. The van der Waals surface area contributed by atoms with E-state index in [9.17, 15) is 13.2 Å². The van der Waals surface area contributed by atoms with E-state index in [4.69, 9.17) is 23.2 Å².